The number of fused-ring (bicyclic) bond motifs is 1. The summed E-state index contributed by atoms with van der Waals surface area (Å²) < 4.78 is 12.3. The van der Waals surface area contributed by atoms with Crippen LogP contribution in [0.2, 0.25) is 0 Å². The first-order valence-corrected chi connectivity index (χ1v) is 8.81. The van der Waals surface area contributed by atoms with Crippen molar-refractivity contribution < 1.29 is 19.2 Å². The standard InChI is InChI=1S/C19H28BNO4/c1-17(2,3)15-14-9-8-13(10-12(14)11-21(15)16(22)23)20-24-18(4,5)19(6,7)25-20/h8-10,15H,11H2,1-7H3,(H,22,23). The minimum absolute atomic E-state index is 0.146. The predicted octanol–water partition coefficient (Wildman–Crippen LogP) is 3.57. The van der Waals surface area contributed by atoms with Crippen LogP contribution in [-0.4, -0.2) is 34.4 Å². The van der Waals surface area contributed by atoms with Gasteiger partial charge in [-0.3, -0.25) is 4.90 Å². The molecule has 1 amide bonds. The van der Waals surface area contributed by atoms with E-state index in [-0.39, 0.29) is 11.5 Å². The summed E-state index contributed by atoms with van der Waals surface area (Å²) in [5, 5.41) is 9.61. The maximum Gasteiger partial charge on any atom is 0.494 e. The van der Waals surface area contributed by atoms with Crippen molar-refractivity contribution in [3.63, 3.8) is 0 Å². The molecule has 1 N–H and O–H groups in total. The summed E-state index contributed by atoms with van der Waals surface area (Å²) in [6, 6.07) is 5.94. The molecule has 2 aliphatic rings. The Kier molecular flexibility index (Phi) is 4.01. The van der Waals surface area contributed by atoms with E-state index in [0.29, 0.717) is 6.54 Å². The van der Waals surface area contributed by atoms with E-state index in [9.17, 15) is 9.90 Å². The first-order chi connectivity index (χ1) is 11.3. The molecule has 1 unspecified atom stereocenters. The lowest BCUT2D eigenvalue weighted by Gasteiger charge is -2.34. The Morgan fingerprint density at radius 1 is 1.20 bits per heavy atom. The summed E-state index contributed by atoms with van der Waals surface area (Å²) in [7, 11) is -0.428. The number of carboxylic acid groups (broad SMARTS) is 1. The maximum absolute atomic E-state index is 11.7. The summed E-state index contributed by atoms with van der Waals surface area (Å²) in [6.45, 7) is 14.7. The fourth-order valence-corrected chi connectivity index (χ4v) is 3.71. The molecule has 25 heavy (non-hydrogen) atoms. The first-order valence-electron chi connectivity index (χ1n) is 8.81. The van der Waals surface area contributed by atoms with Gasteiger partial charge in [0.15, 0.2) is 0 Å². The summed E-state index contributed by atoms with van der Waals surface area (Å²) in [4.78, 5) is 13.2. The van der Waals surface area contributed by atoms with Crippen molar-refractivity contribution in [1.82, 2.24) is 4.90 Å². The molecular weight excluding hydrogens is 317 g/mol. The lowest BCUT2D eigenvalue weighted by Crippen LogP contribution is -2.41. The minimum Gasteiger partial charge on any atom is -0.465 e. The maximum atomic E-state index is 11.7. The molecule has 2 heterocycles. The van der Waals surface area contributed by atoms with Crippen LogP contribution in [0.3, 0.4) is 0 Å². The summed E-state index contributed by atoms with van der Waals surface area (Å²) in [6.07, 6.45) is -0.881. The summed E-state index contributed by atoms with van der Waals surface area (Å²) >= 11 is 0. The second-order valence-electron chi connectivity index (χ2n) is 9.23. The number of carbonyl (C=O) groups is 1. The smallest absolute Gasteiger partial charge is 0.465 e. The minimum atomic E-state index is -0.881. The molecule has 1 atom stereocenters. The van der Waals surface area contributed by atoms with Crippen molar-refractivity contribution in [2.75, 3.05) is 0 Å². The van der Waals surface area contributed by atoms with Gasteiger partial charge in [-0.1, -0.05) is 39.0 Å². The molecule has 0 aromatic heterocycles. The number of hydrogen-bond donors (Lipinski definition) is 1. The zero-order chi connectivity index (χ0) is 18.8. The average Bonchev–Trinajstić information content (AvgIpc) is 2.93. The highest BCUT2D eigenvalue weighted by Crippen LogP contribution is 2.45. The zero-order valence-electron chi connectivity index (χ0n) is 16.2. The molecule has 0 radical (unpaired) electrons. The van der Waals surface area contributed by atoms with E-state index in [0.717, 1.165) is 16.6 Å². The van der Waals surface area contributed by atoms with Gasteiger partial charge >= 0.3 is 13.2 Å². The number of rotatable bonds is 1. The van der Waals surface area contributed by atoms with Gasteiger partial charge in [0, 0.05) is 6.54 Å². The van der Waals surface area contributed by atoms with E-state index in [2.05, 4.69) is 20.8 Å². The van der Waals surface area contributed by atoms with Crippen LogP contribution in [0.1, 0.15) is 65.6 Å². The Hall–Kier alpha value is -1.53. The third-order valence-corrected chi connectivity index (χ3v) is 5.71. The van der Waals surface area contributed by atoms with Crippen LogP contribution in [0.25, 0.3) is 0 Å². The SMILES string of the molecule is CC(C)(C)C1c2ccc(B3OC(C)(C)C(C)(C)O3)cc2CN1C(=O)O. The van der Waals surface area contributed by atoms with Crippen molar-refractivity contribution >= 4 is 18.7 Å². The average molecular weight is 345 g/mol. The van der Waals surface area contributed by atoms with Crippen molar-refractivity contribution in [3.05, 3.63) is 29.3 Å². The van der Waals surface area contributed by atoms with E-state index < -0.39 is 24.4 Å². The Balaban J connectivity index is 1.95. The molecule has 1 fully saturated rings. The number of amides is 1. The Morgan fingerprint density at radius 2 is 1.76 bits per heavy atom. The lowest BCUT2D eigenvalue weighted by molar-refractivity contribution is 0.00578. The van der Waals surface area contributed by atoms with Crippen molar-refractivity contribution in [1.29, 1.82) is 0 Å². The van der Waals surface area contributed by atoms with Crippen LogP contribution in [0.4, 0.5) is 4.79 Å². The van der Waals surface area contributed by atoms with Gasteiger partial charge in [0.1, 0.15) is 0 Å². The second-order valence-corrected chi connectivity index (χ2v) is 9.23. The molecule has 0 saturated carbocycles. The van der Waals surface area contributed by atoms with E-state index in [1.165, 1.54) is 4.90 Å². The molecule has 1 aromatic rings. The van der Waals surface area contributed by atoms with E-state index >= 15 is 0 Å². The monoisotopic (exact) mass is 345 g/mol. The molecule has 5 nitrogen and oxygen atoms in total. The topological polar surface area (TPSA) is 59.0 Å². The van der Waals surface area contributed by atoms with Gasteiger partial charge in [-0.2, -0.15) is 0 Å². The highest BCUT2D eigenvalue weighted by molar-refractivity contribution is 6.62. The third kappa shape index (κ3) is 2.95. The van der Waals surface area contributed by atoms with Crippen LogP contribution in [0, 0.1) is 5.41 Å². The quantitative estimate of drug-likeness (QED) is 0.791. The molecule has 3 rings (SSSR count). The molecule has 1 saturated heterocycles. The van der Waals surface area contributed by atoms with Gasteiger partial charge in [-0.05, 0) is 49.7 Å². The van der Waals surface area contributed by atoms with Crippen molar-refractivity contribution in [2.24, 2.45) is 5.41 Å². The first kappa shape index (κ1) is 18.3. The van der Waals surface area contributed by atoms with E-state index in [1.54, 1.807) is 0 Å². The number of nitrogens with zero attached hydrogens (tertiary/aromatic N) is 1. The van der Waals surface area contributed by atoms with Crippen molar-refractivity contribution in [2.45, 2.75) is 72.3 Å². The fraction of sp³-hybridized carbons (Fsp3) is 0.632. The third-order valence-electron chi connectivity index (χ3n) is 5.71. The highest BCUT2D eigenvalue weighted by Gasteiger charge is 2.52. The highest BCUT2D eigenvalue weighted by atomic mass is 16.7. The van der Waals surface area contributed by atoms with Crippen LogP contribution >= 0.6 is 0 Å². The molecule has 0 bridgehead atoms. The van der Waals surface area contributed by atoms with Crippen LogP contribution in [0.5, 0.6) is 0 Å². The van der Waals surface area contributed by atoms with Gasteiger partial charge in [0.05, 0.1) is 17.2 Å². The largest absolute Gasteiger partial charge is 0.494 e. The molecule has 1 aromatic carbocycles. The molecule has 6 heteroatoms. The molecule has 0 aliphatic carbocycles. The predicted molar refractivity (Wildman–Crippen MR) is 97.9 cm³/mol. The van der Waals surface area contributed by atoms with Crippen LogP contribution < -0.4 is 5.46 Å². The van der Waals surface area contributed by atoms with Gasteiger partial charge in [0.2, 0.25) is 0 Å². The number of hydrogen-bond acceptors (Lipinski definition) is 3. The second kappa shape index (κ2) is 5.48. The molecule has 136 valence electrons. The molecule has 0 spiro atoms. The Bertz CT molecular complexity index is 692. The van der Waals surface area contributed by atoms with Crippen LogP contribution in [-0.2, 0) is 15.9 Å². The van der Waals surface area contributed by atoms with Gasteiger partial charge in [-0.25, -0.2) is 4.79 Å². The van der Waals surface area contributed by atoms with E-state index in [4.69, 9.17) is 9.31 Å². The van der Waals surface area contributed by atoms with Crippen LogP contribution in [0.15, 0.2) is 18.2 Å². The van der Waals surface area contributed by atoms with Gasteiger partial charge in [0.25, 0.3) is 0 Å². The fourth-order valence-electron chi connectivity index (χ4n) is 3.71. The normalized spacial score (nSPS) is 24.5. The molecule has 2 aliphatic heterocycles. The van der Waals surface area contributed by atoms with Gasteiger partial charge in [-0.15, -0.1) is 0 Å². The lowest BCUT2D eigenvalue weighted by atomic mass is 9.76. The Morgan fingerprint density at radius 3 is 2.24 bits per heavy atom. The Labute approximate surface area is 150 Å². The summed E-state index contributed by atoms with van der Waals surface area (Å²) in [5.74, 6) is 0. The summed E-state index contributed by atoms with van der Waals surface area (Å²) in [5.41, 5.74) is 2.10. The van der Waals surface area contributed by atoms with Crippen molar-refractivity contribution in [3.8, 4) is 0 Å². The number of benzene rings is 1. The zero-order valence-corrected chi connectivity index (χ0v) is 16.2. The molecular formula is C19H28BNO4. The van der Waals surface area contributed by atoms with Gasteiger partial charge < -0.3 is 14.4 Å². The van der Waals surface area contributed by atoms with E-state index in [1.807, 2.05) is 45.9 Å².